The van der Waals surface area contributed by atoms with Crippen LogP contribution in [-0.2, 0) is 4.79 Å². The van der Waals surface area contributed by atoms with E-state index in [1.165, 1.54) is 11.8 Å². The molecule has 0 aliphatic heterocycles. The lowest BCUT2D eigenvalue weighted by Crippen LogP contribution is -2.15. The van der Waals surface area contributed by atoms with Crippen LogP contribution in [0.15, 0.2) is 72.1 Å². The molecule has 6 nitrogen and oxygen atoms in total. The number of para-hydroxylation sites is 1. The molecule has 10 heteroatoms. The molecule has 1 amide bonds. The topological polar surface area (TPSA) is 72.7 Å². The van der Waals surface area contributed by atoms with Crippen molar-refractivity contribution in [2.24, 2.45) is 0 Å². The number of aromatic nitrogens is 4. The summed E-state index contributed by atoms with van der Waals surface area (Å²) in [7, 11) is 0. The van der Waals surface area contributed by atoms with E-state index in [0.29, 0.717) is 31.7 Å². The van der Waals surface area contributed by atoms with Crippen molar-refractivity contribution in [1.29, 1.82) is 0 Å². The molecule has 4 rings (SSSR count). The van der Waals surface area contributed by atoms with Crippen LogP contribution in [0.2, 0.25) is 15.1 Å². The minimum atomic E-state index is -0.270. The van der Waals surface area contributed by atoms with Gasteiger partial charge in [0.05, 0.1) is 21.5 Å². The van der Waals surface area contributed by atoms with Crippen molar-refractivity contribution in [3.05, 3.63) is 82.1 Å². The number of nitrogens with zero attached hydrogens (tertiary/aromatic N) is 4. The average Bonchev–Trinajstić information content (AvgIpc) is 3.20. The normalized spacial score (nSPS) is 10.8. The number of rotatable bonds is 6. The molecule has 0 fully saturated rings. The second kappa shape index (κ2) is 9.70. The Morgan fingerprint density at radius 1 is 0.968 bits per heavy atom. The molecule has 0 unspecified atom stereocenters. The van der Waals surface area contributed by atoms with Crippen molar-refractivity contribution in [3.8, 4) is 17.1 Å². The van der Waals surface area contributed by atoms with Crippen molar-refractivity contribution in [2.75, 3.05) is 11.1 Å². The lowest BCUT2D eigenvalue weighted by Gasteiger charge is -2.11. The van der Waals surface area contributed by atoms with Crippen LogP contribution in [0.4, 0.5) is 5.69 Å². The highest BCUT2D eigenvalue weighted by Crippen LogP contribution is 2.31. The van der Waals surface area contributed by atoms with Gasteiger partial charge in [-0.3, -0.25) is 14.3 Å². The molecule has 2 aromatic heterocycles. The zero-order valence-electron chi connectivity index (χ0n) is 15.8. The second-order valence-electron chi connectivity index (χ2n) is 6.29. The first-order chi connectivity index (χ1) is 15.0. The summed E-state index contributed by atoms with van der Waals surface area (Å²) in [6, 6.07) is 16.0. The van der Waals surface area contributed by atoms with Crippen LogP contribution in [0.5, 0.6) is 0 Å². The third-order valence-electron chi connectivity index (χ3n) is 4.20. The number of hydrogen-bond donors (Lipinski definition) is 1. The molecule has 156 valence electrons. The van der Waals surface area contributed by atoms with Gasteiger partial charge in [-0.2, -0.15) is 0 Å². The van der Waals surface area contributed by atoms with Crippen LogP contribution < -0.4 is 5.32 Å². The summed E-state index contributed by atoms with van der Waals surface area (Å²) in [6.07, 6.45) is 3.39. The Morgan fingerprint density at radius 3 is 2.39 bits per heavy atom. The molecule has 0 spiro atoms. The molecule has 4 aromatic rings. The Labute approximate surface area is 197 Å². The van der Waals surface area contributed by atoms with Crippen LogP contribution in [0.1, 0.15) is 0 Å². The maximum absolute atomic E-state index is 12.5. The SMILES string of the molecule is O=C(CSc1nnc(-c2cccnc2)n1-c1ccc(Cl)cc1)Nc1c(Cl)cccc1Cl. The molecular formula is C21H14Cl3N5OS. The van der Waals surface area contributed by atoms with E-state index in [1.54, 1.807) is 42.7 Å². The summed E-state index contributed by atoms with van der Waals surface area (Å²) in [5.41, 5.74) is 1.99. The number of anilines is 1. The van der Waals surface area contributed by atoms with E-state index < -0.39 is 0 Å². The standard InChI is InChI=1S/C21H14Cl3N5OS/c22-14-6-8-15(9-7-14)29-20(13-3-2-10-25-11-13)27-28-21(29)31-12-18(30)26-19-16(23)4-1-5-17(19)24/h1-11H,12H2,(H,26,30). The van der Waals surface area contributed by atoms with Crippen LogP contribution in [0.3, 0.4) is 0 Å². The number of carbonyl (C=O) groups is 1. The summed E-state index contributed by atoms with van der Waals surface area (Å²) < 4.78 is 1.85. The van der Waals surface area contributed by atoms with E-state index >= 15 is 0 Å². The summed E-state index contributed by atoms with van der Waals surface area (Å²) >= 11 is 19.5. The zero-order chi connectivity index (χ0) is 21.8. The largest absolute Gasteiger partial charge is 0.323 e. The van der Waals surface area contributed by atoms with Gasteiger partial charge in [-0.05, 0) is 48.5 Å². The fourth-order valence-corrected chi connectivity index (χ4v) is 4.16. The highest BCUT2D eigenvalue weighted by atomic mass is 35.5. The number of amides is 1. The molecule has 0 aliphatic rings. The predicted molar refractivity (Wildman–Crippen MR) is 125 cm³/mol. The fraction of sp³-hybridized carbons (Fsp3) is 0.0476. The lowest BCUT2D eigenvalue weighted by molar-refractivity contribution is -0.113. The quantitative estimate of drug-likeness (QED) is 0.335. The Kier molecular flexibility index (Phi) is 6.77. The first-order valence-corrected chi connectivity index (χ1v) is 11.1. The summed E-state index contributed by atoms with van der Waals surface area (Å²) in [4.78, 5) is 16.7. The Bertz CT molecular complexity index is 1200. The first-order valence-electron chi connectivity index (χ1n) is 9.01. The van der Waals surface area contributed by atoms with E-state index in [2.05, 4.69) is 20.5 Å². The van der Waals surface area contributed by atoms with Crippen molar-refractivity contribution >= 4 is 58.2 Å². The van der Waals surface area contributed by atoms with Gasteiger partial charge in [0, 0.05) is 28.7 Å². The number of carbonyl (C=O) groups excluding carboxylic acids is 1. The van der Waals surface area contributed by atoms with Gasteiger partial charge in [0.1, 0.15) is 0 Å². The van der Waals surface area contributed by atoms with E-state index in [4.69, 9.17) is 34.8 Å². The monoisotopic (exact) mass is 489 g/mol. The minimum absolute atomic E-state index is 0.0836. The highest BCUT2D eigenvalue weighted by molar-refractivity contribution is 7.99. The summed E-state index contributed by atoms with van der Waals surface area (Å²) in [5, 5.41) is 13.3. The number of nitrogens with one attached hydrogen (secondary N) is 1. The van der Waals surface area contributed by atoms with Crippen LogP contribution in [0, 0.1) is 0 Å². The number of hydrogen-bond acceptors (Lipinski definition) is 5. The molecule has 0 saturated carbocycles. The van der Waals surface area contributed by atoms with Crippen LogP contribution >= 0.6 is 46.6 Å². The smallest absolute Gasteiger partial charge is 0.234 e. The molecule has 0 aliphatic carbocycles. The van der Waals surface area contributed by atoms with Gasteiger partial charge in [-0.25, -0.2) is 0 Å². The number of thioether (sulfide) groups is 1. The molecule has 2 heterocycles. The number of halogens is 3. The highest BCUT2D eigenvalue weighted by Gasteiger charge is 2.18. The molecule has 0 radical (unpaired) electrons. The van der Waals surface area contributed by atoms with E-state index in [0.717, 1.165) is 11.3 Å². The average molecular weight is 491 g/mol. The van der Waals surface area contributed by atoms with Crippen LogP contribution in [0.25, 0.3) is 17.1 Å². The molecular weight excluding hydrogens is 477 g/mol. The van der Waals surface area contributed by atoms with Crippen LogP contribution in [-0.4, -0.2) is 31.4 Å². The van der Waals surface area contributed by atoms with Gasteiger partial charge in [0.25, 0.3) is 0 Å². The number of pyridine rings is 1. The molecule has 0 saturated heterocycles. The molecule has 0 bridgehead atoms. The fourth-order valence-electron chi connectivity index (χ4n) is 2.79. The van der Waals surface area contributed by atoms with Gasteiger partial charge in [-0.1, -0.05) is 52.6 Å². The lowest BCUT2D eigenvalue weighted by atomic mass is 10.2. The van der Waals surface area contributed by atoms with Gasteiger partial charge in [-0.15, -0.1) is 10.2 Å². The van der Waals surface area contributed by atoms with E-state index in [1.807, 2.05) is 28.8 Å². The van der Waals surface area contributed by atoms with Crippen molar-refractivity contribution < 1.29 is 4.79 Å². The molecule has 1 N–H and O–H groups in total. The first kappa shape index (κ1) is 21.6. The maximum Gasteiger partial charge on any atom is 0.234 e. The van der Waals surface area contributed by atoms with Crippen molar-refractivity contribution in [3.63, 3.8) is 0 Å². The molecule has 0 atom stereocenters. The zero-order valence-corrected chi connectivity index (χ0v) is 18.9. The third-order valence-corrected chi connectivity index (χ3v) is 6.01. The van der Waals surface area contributed by atoms with Gasteiger partial charge in [0.15, 0.2) is 11.0 Å². The number of benzene rings is 2. The molecule has 2 aromatic carbocycles. The van der Waals surface area contributed by atoms with E-state index in [9.17, 15) is 4.79 Å². The summed E-state index contributed by atoms with van der Waals surface area (Å²) in [6.45, 7) is 0. The van der Waals surface area contributed by atoms with Gasteiger partial charge in [0.2, 0.25) is 5.91 Å². The Hall–Kier alpha value is -2.58. The minimum Gasteiger partial charge on any atom is -0.323 e. The predicted octanol–water partition coefficient (Wildman–Crippen LogP) is 6.02. The van der Waals surface area contributed by atoms with E-state index in [-0.39, 0.29) is 11.7 Å². The van der Waals surface area contributed by atoms with Crippen molar-refractivity contribution in [1.82, 2.24) is 19.7 Å². The van der Waals surface area contributed by atoms with Gasteiger partial charge >= 0.3 is 0 Å². The maximum atomic E-state index is 12.5. The molecule has 31 heavy (non-hydrogen) atoms. The van der Waals surface area contributed by atoms with Crippen molar-refractivity contribution in [2.45, 2.75) is 5.16 Å². The van der Waals surface area contributed by atoms with Gasteiger partial charge < -0.3 is 5.32 Å². The Balaban J connectivity index is 1.60. The summed E-state index contributed by atoms with van der Waals surface area (Å²) in [5.74, 6) is 0.418. The second-order valence-corrected chi connectivity index (χ2v) is 8.49. The Morgan fingerprint density at radius 2 is 1.71 bits per heavy atom. The third kappa shape index (κ3) is 5.02.